The number of benzene rings is 1. The number of aryl methyl sites for hydroxylation is 1. The van der Waals surface area contributed by atoms with Crippen LogP contribution in [0.25, 0.3) is 0 Å². The minimum atomic E-state index is -0.286. The molecule has 2 aromatic rings. The van der Waals surface area contributed by atoms with Crippen LogP contribution in [0.4, 0.5) is 21.6 Å². The van der Waals surface area contributed by atoms with Gasteiger partial charge in [0.1, 0.15) is 11.6 Å². The van der Waals surface area contributed by atoms with E-state index in [4.69, 9.17) is 5.73 Å². The van der Waals surface area contributed by atoms with Crippen LogP contribution in [0, 0.1) is 19.7 Å². The molecule has 0 spiro atoms. The molecule has 0 bridgehead atoms. The zero-order valence-electron chi connectivity index (χ0n) is 10.1. The predicted molar refractivity (Wildman–Crippen MR) is 75.5 cm³/mol. The number of halogens is 2. The maximum Gasteiger partial charge on any atom is 0.145 e. The van der Waals surface area contributed by atoms with Gasteiger partial charge < -0.3 is 11.1 Å². The number of anilines is 3. The van der Waals surface area contributed by atoms with Crippen molar-refractivity contribution in [2.24, 2.45) is 0 Å². The van der Waals surface area contributed by atoms with Gasteiger partial charge in [0, 0.05) is 5.69 Å². The molecule has 0 aliphatic rings. The normalized spacial score (nSPS) is 10.4. The molecule has 0 unspecified atom stereocenters. The van der Waals surface area contributed by atoms with Crippen LogP contribution >= 0.6 is 15.9 Å². The lowest BCUT2D eigenvalue weighted by atomic mass is 10.2. The van der Waals surface area contributed by atoms with E-state index in [-0.39, 0.29) is 5.82 Å². The van der Waals surface area contributed by atoms with E-state index in [1.807, 2.05) is 13.8 Å². The molecule has 1 heterocycles. The van der Waals surface area contributed by atoms with Gasteiger partial charge in [-0.3, -0.25) is 0 Å². The number of nitrogens with zero attached hydrogens (tertiary/aromatic N) is 1. The van der Waals surface area contributed by atoms with Crippen molar-refractivity contribution in [3.63, 3.8) is 0 Å². The average molecular weight is 310 g/mol. The lowest BCUT2D eigenvalue weighted by Crippen LogP contribution is -2.01. The van der Waals surface area contributed by atoms with Gasteiger partial charge in [-0.1, -0.05) is 6.07 Å². The van der Waals surface area contributed by atoms with E-state index in [9.17, 15) is 4.39 Å². The average Bonchev–Trinajstić information content (AvgIpc) is 2.34. The lowest BCUT2D eigenvalue weighted by molar-refractivity contribution is 0.628. The second-order valence-corrected chi connectivity index (χ2v) is 4.88. The minimum absolute atomic E-state index is 0.286. The molecular formula is C13H13BrFN3. The molecule has 5 heteroatoms. The molecule has 94 valence electrons. The first-order valence-electron chi connectivity index (χ1n) is 5.43. The summed E-state index contributed by atoms with van der Waals surface area (Å²) < 4.78 is 14.0. The quantitative estimate of drug-likeness (QED) is 0.884. The van der Waals surface area contributed by atoms with Crippen LogP contribution in [-0.4, -0.2) is 4.98 Å². The standard InChI is InChI=1S/C13H13BrFN3/c1-7-3-4-9(15)5-11(7)18-13-12(14)8(2)10(16)6-17-13/h3-6H,16H2,1-2H3,(H,17,18). The van der Waals surface area contributed by atoms with Crippen molar-refractivity contribution in [3.05, 3.63) is 45.8 Å². The molecule has 0 aliphatic carbocycles. The van der Waals surface area contributed by atoms with E-state index in [1.54, 1.807) is 12.3 Å². The summed E-state index contributed by atoms with van der Waals surface area (Å²) in [5.74, 6) is 0.335. The molecule has 3 N–H and O–H groups in total. The maximum atomic E-state index is 13.2. The minimum Gasteiger partial charge on any atom is -0.397 e. The second kappa shape index (κ2) is 4.94. The highest BCUT2D eigenvalue weighted by Gasteiger charge is 2.09. The van der Waals surface area contributed by atoms with Gasteiger partial charge in [0.25, 0.3) is 0 Å². The number of nitrogen functional groups attached to an aromatic ring is 1. The van der Waals surface area contributed by atoms with E-state index in [1.165, 1.54) is 12.1 Å². The van der Waals surface area contributed by atoms with Gasteiger partial charge in [0.15, 0.2) is 0 Å². The van der Waals surface area contributed by atoms with E-state index >= 15 is 0 Å². The smallest absolute Gasteiger partial charge is 0.145 e. The number of aromatic nitrogens is 1. The fourth-order valence-electron chi connectivity index (χ4n) is 1.54. The summed E-state index contributed by atoms with van der Waals surface area (Å²) in [7, 11) is 0. The summed E-state index contributed by atoms with van der Waals surface area (Å²) in [4.78, 5) is 4.20. The zero-order valence-corrected chi connectivity index (χ0v) is 11.7. The molecule has 18 heavy (non-hydrogen) atoms. The Hall–Kier alpha value is -1.62. The van der Waals surface area contributed by atoms with Crippen molar-refractivity contribution in [3.8, 4) is 0 Å². The van der Waals surface area contributed by atoms with Gasteiger partial charge in [-0.05, 0) is 53.0 Å². The van der Waals surface area contributed by atoms with E-state index in [2.05, 4.69) is 26.2 Å². The first kappa shape index (κ1) is 12.8. The summed E-state index contributed by atoms with van der Waals surface area (Å²) in [6.45, 7) is 3.80. The third-order valence-electron chi connectivity index (χ3n) is 2.76. The summed E-state index contributed by atoms with van der Waals surface area (Å²) in [6, 6.07) is 4.59. The highest BCUT2D eigenvalue weighted by molar-refractivity contribution is 9.10. The van der Waals surface area contributed by atoms with E-state index in [0.29, 0.717) is 17.2 Å². The fraction of sp³-hybridized carbons (Fsp3) is 0.154. The number of hydrogen-bond acceptors (Lipinski definition) is 3. The topological polar surface area (TPSA) is 50.9 Å². The molecule has 0 saturated heterocycles. The Morgan fingerprint density at radius 3 is 2.78 bits per heavy atom. The van der Waals surface area contributed by atoms with Gasteiger partial charge in [0.2, 0.25) is 0 Å². The summed E-state index contributed by atoms with van der Waals surface area (Å²) in [6.07, 6.45) is 1.58. The third kappa shape index (κ3) is 2.46. The lowest BCUT2D eigenvalue weighted by Gasteiger charge is -2.12. The van der Waals surface area contributed by atoms with Crippen molar-refractivity contribution in [1.29, 1.82) is 0 Å². The Labute approximate surface area is 113 Å². The first-order chi connectivity index (χ1) is 8.49. The van der Waals surface area contributed by atoms with Crippen LogP contribution < -0.4 is 11.1 Å². The van der Waals surface area contributed by atoms with Crippen LogP contribution in [0.15, 0.2) is 28.9 Å². The number of nitrogens with two attached hydrogens (primary N) is 1. The highest BCUT2D eigenvalue weighted by atomic mass is 79.9. The fourth-order valence-corrected chi connectivity index (χ4v) is 1.97. The Kier molecular flexibility index (Phi) is 3.52. The maximum absolute atomic E-state index is 13.2. The Bertz CT molecular complexity index is 599. The van der Waals surface area contributed by atoms with Gasteiger partial charge in [0.05, 0.1) is 16.4 Å². The number of hydrogen-bond donors (Lipinski definition) is 2. The number of pyridine rings is 1. The molecule has 0 radical (unpaired) electrons. The second-order valence-electron chi connectivity index (χ2n) is 4.09. The predicted octanol–water partition coefficient (Wildman–Crippen LogP) is 3.93. The van der Waals surface area contributed by atoms with Crippen LogP contribution in [0.2, 0.25) is 0 Å². The molecule has 3 nitrogen and oxygen atoms in total. The monoisotopic (exact) mass is 309 g/mol. The Morgan fingerprint density at radius 2 is 2.06 bits per heavy atom. The summed E-state index contributed by atoms with van der Waals surface area (Å²) >= 11 is 3.43. The van der Waals surface area contributed by atoms with E-state index < -0.39 is 0 Å². The van der Waals surface area contributed by atoms with Crippen molar-refractivity contribution in [2.45, 2.75) is 13.8 Å². The van der Waals surface area contributed by atoms with Crippen molar-refractivity contribution >= 4 is 33.1 Å². The molecule has 1 aromatic heterocycles. The van der Waals surface area contributed by atoms with Gasteiger partial charge in [-0.25, -0.2) is 9.37 Å². The van der Waals surface area contributed by atoms with Crippen LogP contribution in [-0.2, 0) is 0 Å². The largest absolute Gasteiger partial charge is 0.397 e. The van der Waals surface area contributed by atoms with E-state index in [0.717, 1.165) is 15.6 Å². The van der Waals surface area contributed by atoms with Crippen molar-refractivity contribution in [2.75, 3.05) is 11.1 Å². The Balaban J connectivity index is 2.40. The van der Waals surface area contributed by atoms with Crippen LogP contribution in [0.5, 0.6) is 0 Å². The number of rotatable bonds is 2. The van der Waals surface area contributed by atoms with Gasteiger partial charge >= 0.3 is 0 Å². The molecule has 0 fully saturated rings. The molecule has 0 amide bonds. The third-order valence-corrected chi connectivity index (χ3v) is 3.73. The summed E-state index contributed by atoms with van der Waals surface area (Å²) in [5, 5.41) is 3.10. The van der Waals surface area contributed by atoms with Crippen LogP contribution in [0.1, 0.15) is 11.1 Å². The SMILES string of the molecule is Cc1ccc(F)cc1Nc1ncc(N)c(C)c1Br. The van der Waals surface area contributed by atoms with Crippen LogP contribution in [0.3, 0.4) is 0 Å². The number of nitrogens with one attached hydrogen (secondary N) is 1. The molecular weight excluding hydrogens is 297 g/mol. The first-order valence-corrected chi connectivity index (χ1v) is 6.22. The molecule has 0 atom stereocenters. The molecule has 0 aliphatic heterocycles. The molecule has 1 aromatic carbocycles. The zero-order chi connectivity index (χ0) is 13.3. The summed E-state index contributed by atoms with van der Waals surface area (Å²) in [5.41, 5.74) is 8.91. The molecule has 0 saturated carbocycles. The highest BCUT2D eigenvalue weighted by Crippen LogP contribution is 2.30. The van der Waals surface area contributed by atoms with Gasteiger partial charge in [-0.2, -0.15) is 0 Å². The van der Waals surface area contributed by atoms with Crippen molar-refractivity contribution in [1.82, 2.24) is 4.98 Å². The Morgan fingerprint density at radius 1 is 1.33 bits per heavy atom. The molecule has 2 rings (SSSR count). The van der Waals surface area contributed by atoms with Gasteiger partial charge in [-0.15, -0.1) is 0 Å². The van der Waals surface area contributed by atoms with Crippen molar-refractivity contribution < 1.29 is 4.39 Å².